The van der Waals surface area contributed by atoms with Crippen molar-refractivity contribution in [1.29, 1.82) is 0 Å². The van der Waals surface area contributed by atoms with Crippen LogP contribution < -0.4 is 0 Å². The zero-order valence-electron chi connectivity index (χ0n) is 13.1. The topological polar surface area (TPSA) is 28.4 Å². The second-order valence-electron chi connectivity index (χ2n) is 6.54. The van der Waals surface area contributed by atoms with Crippen molar-refractivity contribution in [1.82, 2.24) is 0 Å². The predicted molar refractivity (Wildman–Crippen MR) is 92.7 cm³/mol. The second kappa shape index (κ2) is 4.51. The first-order chi connectivity index (χ1) is 11.3. The smallest absolute Gasteiger partial charge is 0.295 e. The van der Waals surface area contributed by atoms with Crippen molar-refractivity contribution in [2.45, 2.75) is 25.7 Å². The summed E-state index contributed by atoms with van der Waals surface area (Å²) in [4.78, 5) is 12.4. The third kappa shape index (κ3) is 1.64. The van der Waals surface area contributed by atoms with Gasteiger partial charge >= 0.3 is 5.78 Å². The molecule has 0 bridgehead atoms. The monoisotopic (exact) mass is 301 g/mol. The largest absolute Gasteiger partial charge is 0.350 e. The molecule has 0 saturated heterocycles. The van der Waals surface area contributed by atoms with Crippen LogP contribution in [-0.2, 0) is 11.2 Å². The molecule has 0 aliphatic heterocycles. The lowest BCUT2D eigenvalue weighted by Gasteiger charge is -2.28. The lowest BCUT2D eigenvalue weighted by molar-refractivity contribution is -0.222. The van der Waals surface area contributed by atoms with Crippen LogP contribution in [0.4, 0.5) is 0 Å². The molecule has 23 heavy (non-hydrogen) atoms. The summed E-state index contributed by atoms with van der Waals surface area (Å²) in [6.45, 7) is 0. The van der Waals surface area contributed by atoms with Gasteiger partial charge in [0.2, 0.25) is 0 Å². The molecule has 2 heteroatoms. The molecule has 0 N–H and O–H groups in total. The van der Waals surface area contributed by atoms with Crippen molar-refractivity contribution >= 4 is 34.0 Å². The van der Waals surface area contributed by atoms with E-state index in [9.17, 15) is 4.79 Å². The van der Waals surface area contributed by atoms with Gasteiger partial charge in [-0.25, -0.2) is 0 Å². The molecular weight excluding hydrogens is 284 g/mol. The van der Waals surface area contributed by atoms with E-state index in [4.69, 9.17) is 4.42 Å². The zero-order chi connectivity index (χ0) is 15.6. The molecule has 0 aromatic heterocycles. The second-order valence-corrected chi connectivity index (χ2v) is 6.54. The lowest BCUT2D eigenvalue weighted by atomic mass is 9.75. The fourth-order valence-electron chi connectivity index (χ4n) is 4.36. The summed E-state index contributed by atoms with van der Waals surface area (Å²) in [5.41, 5.74) is 7.28. The summed E-state index contributed by atoms with van der Waals surface area (Å²) < 4.78 is 5.56. The van der Waals surface area contributed by atoms with Gasteiger partial charge in [-0.15, -0.1) is 0 Å². The molecule has 0 unspecified atom stereocenters. The first-order valence-electron chi connectivity index (χ1n) is 8.21. The molecule has 3 aliphatic carbocycles. The molecule has 112 valence electrons. The Morgan fingerprint density at radius 1 is 0.913 bits per heavy atom. The Morgan fingerprint density at radius 2 is 1.78 bits per heavy atom. The number of rotatable bonds is 0. The first-order valence-corrected chi connectivity index (χ1v) is 8.21. The van der Waals surface area contributed by atoms with Crippen molar-refractivity contribution in [2.24, 2.45) is 0 Å². The van der Waals surface area contributed by atoms with Crippen LogP contribution >= 0.6 is 0 Å². The van der Waals surface area contributed by atoms with Crippen molar-refractivity contribution in [3.05, 3.63) is 58.2 Å². The summed E-state index contributed by atoms with van der Waals surface area (Å²) in [6.07, 6.45) is 7.66. The van der Waals surface area contributed by atoms with E-state index in [1.807, 2.05) is 6.08 Å². The number of benzene rings is 2. The fourth-order valence-corrected chi connectivity index (χ4v) is 4.36. The van der Waals surface area contributed by atoms with Crippen LogP contribution in [0.25, 0.3) is 22.4 Å². The van der Waals surface area contributed by atoms with Gasteiger partial charge in [-0.1, -0.05) is 18.2 Å². The summed E-state index contributed by atoms with van der Waals surface area (Å²) in [5, 5.41) is 2.61. The lowest BCUT2D eigenvalue weighted by Crippen LogP contribution is -2.18. The number of hydrogen-bond donors (Lipinski definition) is 0. The predicted octanol–water partition coefficient (Wildman–Crippen LogP) is 4.28. The molecule has 0 spiro atoms. The summed E-state index contributed by atoms with van der Waals surface area (Å²) in [6, 6.07) is 8.71. The van der Waals surface area contributed by atoms with E-state index in [1.165, 1.54) is 33.0 Å². The Kier molecular flexibility index (Phi) is 2.55. The van der Waals surface area contributed by atoms with Crippen LogP contribution in [0, 0.1) is 0 Å². The Labute approximate surface area is 134 Å². The molecule has 0 fully saturated rings. The zero-order valence-corrected chi connectivity index (χ0v) is 13.1. The molecule has 2 aromatic carbocycles. The minimum Gasteiger partial charge on any atom is -0.295 e. The van der Waals surface area contributed by atoms with Crippen LogP contribution in [0.15, 0.2) is 35.9 Å². The van der Waals surface area contributed by atoms with Crippen molar-refractivity contribution in [3.8, 4) is 0 Å². The minimum absolute atomic E-state index is 0.342. The SMILES string of the molecule is C[O+]=C1C=Cc2ccc3c4c(ccc1c24)C1=C(C3)C(=O)CCC1. The van der Waals surface area contributed by atoms with Gasteiger partial charge in [0.25, 0.3) is 7.11 Å². The number of allylic oxidation sites excluding steroid dienone is 3. The van der Waals surface area contributed by atoms with E-state index < -0.39 is 0 Å². The minimum atomic E-state index is 0.342. The number of hydrogen-bond acceptors (Lipinski definition) is 1. The molecule has 0 heterocycles. The average Bonchev–Trinajstić information content (AvgIpc) is 2.59. The molecule has 0 amide bonds. The summed E-state index contributed by atoms with van der Waals surface area (Å²) in [5.74, 6) is 1.26. The molecule has 2 nitrogen and oxygen atoms in total. The van der Waals surface area contributed by atoms with Gasteiger partial charge in [0, 0.05) is 29.9 Å². The highest BCUT2D eigenvalue weighted by Crippen LogP contribution is 2.44. The Morgan fingerprint density at radius 3 is 2.65 bits per heavy atom. The molecule has 0 saturated carbocycles. The van der Waals surface area contributed by atoms with E-state index in [2.05, 4.69) is 30.3 Å². The van der Waals surface area contributed by atoms with Gasteiger partial charge in [0.1, 0.15) is 0 Å². The van der Waals surface area contributed by atoms with Gasteiger partial charge in [0.15, 0.2) is 5.78 Å². The van der Waals surface area contributed by atoms with Gasteiger partial charge in [-0.05, 0) is 52.6 Å². The summed E-state index contributed by atoms with van der Waals surface area (Å²) in [7, 11) is 1.72. The third-order valence-electron chi connectivity index (χ3n) is 5.40. The van der Waals surface area contributed by atoms with Crippen LogP contribution in [0.1, 0.15) is 45.9 Å². The first kappa shape index (κ1) is 13.0. The average molecular weight is 301 g/mol. The van der Waals surface area contributed by atoms with Crippen molar-refractivity contribution in [3.63, 3.8) is 0 Å². The molecule has 5 rings (SSSR count). The number of Topliss-reactive ketones (excluding diaryl/α,β-unsaturated/α-hetero) is 1. The Balaban J connectivity index is 1.92. The van der Waals surface area contributed by atoms with Gasteiger partial charge in [-0.3, -0.25) is 9.22 Å². The standard InChI is InChI=1S/C21H17O2/c1-23-19-10-7-12-5-6-13-11-17-14(3-2-4-18(17)22)15-8-9-16(19)20(12)21(13)15/h5-10H,2-4,11H2,1H3/q+1. The Hall–Kier alpha value is -2.48. The maximum absolute atomic E-state index is 12.4. The fraction of sp³-hybridized carbons (Fsp3) is 0.238. The van der Waals surface area contributed by atoms with Crippen LogP contribution in [0.3, 0.4) is 0 Å². The molecule has 0 radical (unpaired) electrons. The van der Waals surface area contributed by atoms with Crippen LogP contribution in [0.5, 0.6) is 0 Å². The molecular formula is C21H17O2+. The summed E-state index contributed by atoms with van der Waals surface area (Å²) >= 11 is 0. The quantitative estimate of drug-likeness (QED) is 0.668. The molecule has 3 aliphatic rings. The van der Waals surface area contributed by atoms with Gasteiger partial charge in [0.05, 0.1) is 5.56 Å². The highest BCUT2D eigenvalue weighted by atomic mass is 16.4. The van der Waals surface area contributed by atoms with Gasteiger partial charge < -0.3 is 0 Å². The van der Waals surface area contributed by atoms with E-state index in [-0.39, 0.29) is 0 Å². The molecule has 2 aromatic rings. The Bertz CT molecular complexity index is 987. The number of carbonyl (C=O) groups excluding carboxylic acids is 2. The van der Waals surface area contributed by atoms with Crippen molar-refractivity contribution in [2.75, 3.05) is 7.11 Å². The van der Waals surface area contributed by atoms with Gasteiger partial charge in [-0.2, -0.15) is 0 Å². The van der Waals surface area contributed by atoms with E-state index in [0.717, 1.165) is 36.2 Å². The van der Waals surface area contributed by atoms with Crippen LogP contribution in [0.2, 0.25) is 0 Å². The normalized spacial score (nSPS) is 20.4. The number of fused-ring (bicyclic) bond motifs is 1. The highest BCUT2D eigenvalue weighted by Gasteiger charge is 2.31. The van der Waals surface area contributed by atoms with E-state index >= 15 is 0 Å². The van der Waals surface area contributed by atoms with E-state index in [1.54, 1.807) is 7.11 Å². The maximum atomic E-state index is 12.4. The third-order valence-corrected chi connectivity index (χ3v) is 5.40. The van der Waals surface area contributed by atoms with Crippen LogP contribution in [-0.4, -0.2) is 18.7 Å². The maximum Gasteiger partial charge on any atom is 0.350 e. The highest BCUT2D eigenvalue weighted by molar-refractivity contribution is 6.23. The van der Waals surface area contributed by atoms with Crippen molar-refractivity contribution < 1.29 is 9.22 Å². The number of ketones is 2. The van der Waals surface area contributed by atoms with E-state index in [0.29, 0.717) is 12.2 Å². The molecule has 0 atom stereocenters. The number of carbonyl (C=O) groups is 1.